The minimum Gasteiger partial charge on any atom is -0.497 e. The van der Waals surface area contributed by atoms with Crippen molar-refractivity contribution in [2.45, 2.75) is 30.5 Å². The number of ether oxygens (including phenoxy) is 3. The lowest BCUT2D eigenvalue weighted by Crippen LogP contribution is -2.52. The van der Waals surface area contributed by atoms with Crippen molar-refractivity contribution in [1.29, 1.82) is 0 Å². The molecule has 224 valence electrons. The Balaban J connectivity index is 1.45. The molecule has 5 rings (SSSR count). The molecule has 0 saturated carbocycles. The van der Waals surface area contributed by atoms with Gasteiger partial charge < -0.3 is 39.2 Å². The number of alkyl halides is 2. The molecule has 1 aliphatic rings. The normalized spacial score (nSPS) is 22.4. The fourth-order valence-corrected chi connectivity index (χ4v) is 6.21. The second kappa shape index (κ2) is 11.9. The first-order valence-electron chi connectivity index (χ1n) is 12.3. The van der Waals surface area contributed by atoms with Crippen LogP contribution in [-0.2, 0) is 21.1 Å². The minimum atomic E-state index is -3.93. The Labute approximate surface area is 243 Å². The lowest BCUT2D eigenvalue weighted by atomic mass is 9.96. The van der Waals surface area contributed by atoms with Crippen LogP contribution in [0, 0.1) is 0 Å². The molecule has 0 spiro atoms. The van der Waals surface area contributed by atoms with Crippen LogP contribution in [0.3, 0.4) is 0 Å². The summed E-state index contributed by atoms with van der Waals surface area (Å²) in [6.45, 7) is -4.96. The number of halogens is 2. The summed E-state index contributed by atoms with van der Waals surface area (Å²) in [7, 11) is 2.98. The van der Waals surface area contributed by atoms with Crippen LogP contribution in [0.2, 0.25) is 0 Å². The van der Waals surface area contributed by atoms with E-state index in [1.165, 1.54) is 55.7 Å². The van der Waals surface area contributed by atoms with Crippen molar-refractivity contribution in [3.8, 4) is 23.0 Å². The highest BCUT2D eigenvalue weighted by atomic mass is 32.5. The van der Waals surface area contributed by atoms with Crippen LogP contribution in [-0.4, -0.2) is 74.8 Å². The molecule has 4 atom stereocenters. The van der Waals surface area contributed by atoms with E-state index >= 15 is 0 Å². The Bertz CT molecular complexity index is 1530. The number of aliphatic hydroxyl groups excluding tert-OH is 2. The highest BCUT2D eigenvalue weighted by Crippen LogP contribution is 2.53. The molecule has 2 aromatic heterocycles. The van der Waals surface area contributed by atoms with E-state index in [-0.39, 0.29) is 28.5 Å². The molecule has 0 bridgehead atoms. The summed E-state index contributed by atoms with van der Waals surface area (Å²) in [6, 6.07) is 12.5. The van der Waals surface area contributed by atoms with Crippen molar-refractivity contribution in [3.63, 3.8) is 0 Å². The first kappa shape index (κ1) is 29.8. The maximum absolute atomic E-state index is 14.7. The van der Waals surface area contributed by atoms with E-state index in [9.17, 15) is 19.0 Å². The monoisotopic (exact) mass is 625 g/mol. The molecule has 42 heavy (non-hydrogen) atoms. The number of rotatable bonds is 11. The topological polar surface area (TPSA) is 165 Å². The van der Waals surface area contributed by atoms with Crippen molar-refractivity contribution in [2.24, 2.45) is 0 Å². The SMILES string of the molecule is COc1ccc(OP(=S)(OCC2(C(F)F)OC(n3cnc4ncnc(N)c43)C(O)C2O)Oc2ccc(OC)cc2)cc1. The molecule has 1 aliphatic heterocycles. The van der Waals surface area contributed by atoms with E-state index in [4.69, 9.17) is 45.3 Å². The Kier molecular flexibility index (Phi) is 8.46. The molecule has 0 aliphatic carbocycles. The maximum atomic E-state index is 14.7. The molecule has 17 heteroatoms. The number of nitrogens with zero attached hydrogens (tertiary/aromatic N) is 4. The number of fused-ring (bicyclic) bond motifs is 1. The van der Waals surface area contributed by atoms with Gasteiger partial charge >= 0.3 is 6.72 Å². The molecule has 0 amide bonds. The van der Waals surface area contributed by atoms with Gasteiger partial charge in [0.15, 0.2) is 23.3 Å². The molecule has 1 saturated heterocycles. The molecule has 3 heterocycles. The minimum absolute atomic E-state index is 0.0372. The zero-order chi connectivity index (χ0) is 30.1. The predicted octanol–water partition coefficient (Wildman–Crippen LogP) is 3.08. The van der Waals surface area contributed by atoms with E-state index in [0.717, 1.165) is 0 Å². The lowest BCUT2D eigenvalue weighted by molar-refractivity contribution is -0.191. The number of aliphatic hydroxyl groups is 2. The maximum Gasteiger partial charge on any atom is 0.435 e. The number of nitrogens with two attached hydrogens (primary N) is 1. The van der Waals surface area contributed by atoms with Crippen molar-refractivity contribution < 1.29 is 46.8 Å². The van der Waals surface area contributed by atoms with Crippen LogP contribution in [0.25, 0.3) is 11.2 Å². The summed E-state index contributed by atoms with van der Waals surface area (Å²) in [4.78, 5) is 11.9. The van der Waals surface area contributed by atoms with Crippen molar-refractivity contribution in [2.75, 3.05) is 26.6 Å². The van der Waals surface area contributed by atoms with Gasteiger partial charge in [0.2, 0.25) is 0 Å². The van der Waals surface area contributed by atoms with Crippen LogP contribution in [0.1, 0.15) is 6.23 Å². The summed E-state index contributed by atoms with van der Waals surface area (Å²) >= 11 is 5.61. The van der Waals surface area contributed by atoms with Crippen molar-refractivity contribution >= 4 is 35.5 Å². The molecule has 4 aromatic rings. The number of nitrogen functional groups attached to an aromatic ring is 1. The lowest BCUT2D eigenvalue weighted by Gasteiger charge is -2.33. The Hall–Kier alpha value is -3.66. The third kappa shape index (κ3) is 5.69. The van der Waals surface area contributed by atoms with Gasteiger partial charge in [-0.2, -0.15) is 0 Å². The number of hydrogen-bond acceptors (Lipinski definition) is 13. The average molecular weight is 626 g/mol. The van der Waals surface area contributed by atoms with Crippen LogP contribution in [0.5, 0.6) is 23.0 Å². The first-order valence-corrected chi connectivity index (χ1v) is 14.8. The van der Waals surface area contributed by atoms with Gasteiger partial charge in [0, 0.05) is 11.8 Å². The summed E-state index contributed by atoms with van der Waals surface area (Å²) in [5.41, 5.74) is 3.43. The molecule has 0 radical (unpaired) electrons. The van der Waals surface area contributed by atoms with Gasteiger partial charge in [-0.15, -0.1) is 0 Å². The summed E-state index contributed by atoms with van der Waals surface area (Å²) in [6.07, 6.45) is -6.56. The third-order valence-electron chi connectivity index (χ3n) is 6.50. The number of methoxy groups -OCH3 is 2. The molecular weight excluding hydrogens is 599 g/mol. The predicted molar refractivity (Wildman–Crippen MR) is 148 cm³/mol. The fourth-order valence-electron chi connectivity index (χ4n) is 4.27. The van der Waals surface area contributed by atoms with Gasteiger partial charge in [-0.25, -0.2) is 23.7 Å². The van der Waals surface area contributed by atoms with Crippen LogP contribution in [0.4, 0.5) is 14.6 Å². The van der Waals surface area contributed by atoms with Crippen molar-refractivity contribution in [1.82, 2.24) is 19.5 Å². The van der Waals surface area contributed by atoms with Gasteiger partial charge in [0.1, 0.15) is 53.4 Å². The zero-order valence-electron chi connectivity index (χ0n) is 22.1. The highest BCUT2D eigenvalue weighted by molar-refractivity contribution is 8.07. The van der Waals surface area contributed by atoms with Gasteiger partial charge in [0.05, 0.1) is 20.8 Å². The smallest absolute Gasteiger partial charge is 0.435 e. The van der Waals surface area contributed by atoms with Gasteiger partial charge in [-0.3, -0.25) is 9.09 Å². The Morgan fingerprint density at radius 2 is 1.52 bits per heavy atom. The standard InChI is InChI=1S/C25H26F2N5O8PS/c1-35-14-3-7-16(8-4-14)39-41(42,40-17-9-5-15(36-2)6-10-17)37-11-25(24(26)27)20(34)19(33)23(38-25)32-13-31-22-18(32)21(28)29-12-30-22/h3-10,12-13,19-20,23-24,33-34H,11H2,1-2H3,(H2,28,29,30). The molecule has 13 nitrogen and oxygen atoms in total. The highest BCUT2D eigenvalue weighted by Gasteiger charge is 2.61. The van der Waals surface area contributed by atoms with Crippen LogP contribution in [0.15, 0.2) is 61.2 Å². The van der Waals surface area contributed by atoms with Gasteiger partial charge in [0.25, 0.3) is 6.43 Å². The third-order valence-corrected chi connectivity index (χ3v) is 8.57. The van der Waals surface area contributed by atoms with E-state index in [2.05, 4.69) is 15.0 Å². The Morgan fingerprint density at radius 3 is 2.05 bits per heavy atom. The van der Waals surface area contributed by atoms with Gasteiger partial charge in [-0.1, -0.05) is 0 Å². The number of benzene rings is 2. The van der Waals surface area contributed by atoms with Crippen molar-refractivity contribution in [3.05, 3.63) is 61.2 Å². The van der Waals surface area contributed by atoms with E-state index in [0.29, 0.717) is 11.5 Å². The first-order chi connectivity index (χ1) is 20.1. The number of imidazole rings is 1. The summed E-state index contributed by atoms with van der Waals surface area (Å²) in [5, 5.41) is 21.8. The molecule has 2 aromatic carbocycles. The largest absolute Gasteiger partial charge is 0.497 e. The average Bonchev–Trinajstić information content (AvgIpc) is 3.53. The number of anilines is 1. The van der Waals surface area contributed by atoms with E-state index in [1.54, 1.807) is 24.3 Å². The second-order valence-corrected chi connectivity index (χ2v) is 11.9. The molecular formula is C25H26F2N5O8PS. The zero-order valence-corrected chi connectivity index (χ0v) is 23.8. The second-order valence-electron chi connectivity index (χ2n) is 9.04. The molecule has 1 fully saturated rings. The van der Waals surface area contributed by atoms with E-state index < -0.39 is 43.8 Å². The molecule has 4 unspecified atom stereocenters. The van der Waals surface area contributed by atoms with E-state index in [1.807, 2.05) is 0 Å². The number of aromatic nitrogens is 4. The number of hydrogen-bond donors (Lipinski definition) is 3. The fraction of sp³-hybridized carbons (Fsp3) is 0.320. The molecule has 4 N–H and O–H groups in total. The Morgan fingerprint density at radius 1 is 0.976 bits per heavy atom. The summed E-state index contributed by atoms with van der Waals surface area (Å²) in [5.74, 6) is 1.43. The van der Waals surface area contributed by atoms with Crippen LogP contribution >= 0.6 is 6.72 Å². The van der Waals surface area contributed by atoms with Crippen LogP contribution < -0.4 is 24.3 Å². The summed E-state index contributed by atoms with van der Waals surface area (Å²) < 4.78 is 64.1. The quantitative estimate of drug-likeness (QED) is 0.209. The van der Waals surface area contributed by atoms with Gasteiger partial charge in [-0.05, 0) is 48.5 Å².